The molecule has 0 aliphatic carbocycles. The Labute approximate surface area is 173 Å². The molecule has 8 heteroatoms. The van der Waals surface area contributed by atoms with Crippen LogP contribution >= 0.6 is 11.8 Å². The Balaban J connectivity index is 1.37. The third kappa shape index (κ3) is 4.22. The van der Waals surface area contributed by atoms with Crippen molar-refractivity contribution in [3.63, 3.8) is 0 Å². The molecular weight excluding hydrogens is 388 g/mol. The average molecular weight is 410 g/mol. The van der Waals surface area contributed by atoms with Crippen molar-refractivity contribution in [2.45, 2.75) is 30.8 Å². The van der Waals surface area contributed by atoms with Crippen molar-refractivity contribution in [2.24, 2.45) is 7.05 Å². The van der Waals surface area contributed by atoms with Crippen LogP contribution in [0, 0.1) is 6.92 Å². The van der Waals surface area contributed by atoms with Gasteiger partial charge in [-0.3, -0.25) is 4.79 Å². The minimum Gasteiger partial charge on any atom is -0.454 e. The van der Waals surface area contributed by atoms with Crippen LogP contribution in [-0.2, 0) is 18.4 Å². The number of benzene rings is 2. The van der Waals surface area contributed by atoms with Crippen LogP contribution < -0.4 is 14.8 Å². The maximum absolute atomic E-state index is 12.5. The van der Waals surface area contributed by atoms with Gasteiger partial charge in [-0.2, -0.15) is 0 Å². The number of aryl methyl sites for hydroxylation is 1. The van der Waals surface area contributed by atoms with Crippen molar-refractivity contribution >= 4 is 17.7 Å². The highest BCUT2D eigenvalue weighted by Gasteiger charge is 2.20. The Hall–Kier alpha value is -3.00. The summed E-state index contributed by atoms with van der Waals surface area (Å²) < 4.78 is 12.6. The highest BCUT2D eigenvalue weighted by molar-refractivity contribution is 8.00. The van der Waals surface area contributed by atoms with Crippen LogP contribution in [-0.4, -0.2) is 32.7 Å². The molecule has 150 valence electrons. The van der Waals surface area contributed by atoms with Gasteiger partial charge in [-0.1, -0.05) is 47.7 Å². The first-order valence-corrected chi connectivity index (χ1v) is 10.2. The lowest BCUT2D eigenvalue weighted by Crippen LogP contribution is -2.30. The number of aromatic nitrogens is 3. The number of rotatable bonds is 6. The van der Waals surface area contributed by atoms with Crippen molar-refractivity contribution in [3.8, 4) is 22.9 Å². The predicted octanol–water partition coefficient (Wildman–Crippen LogP) is 3.32. The zero-order chi connectivity index (χ0) is 20.4. The second kappa shape index (κ2) is 8.16. The second-order valence-electron chi connectivity index (χ2n) is 6.90. The standard InChI is InChI=1S/C21H22N4O3S/c1-13-4-7-16(8-5-13)19-23-24-21(25(19)3)29-14(2)20(26)22-11-15-6-9-17-18(10-15)28-12-27-17/h4-10,14H,11-12H2,1-3H3,(H,22,26). The van der Waals surface area contributed by atoms with Crippen LogP contribution in [0.3, 0.4) is 0 Å². The molecule has 1 N–H and O–H groups in total. The molecule has 0 fully saturated rings. The molecule has 3 aromatic rings. The quantitative estimate of drug-likeness (QED) is 0.628. The number of amides is 1. The fourth-order valence-corrected chi connectivity index (χ4v) is 3.81. The fraction of sp³-hybridized carbons (Fsp3) is 0.286. The lowest BCUT2D eigenvalue weighted by molar-refractivity contribution is -0.120. The van der Waals surface area contributed by atoms with E-state index in [9.17, 15) is 4.79 Å². The number of hydrogen-bond donors (Lipinski definition) is 1. The lowest BCUT2D eigenvalue weighted by atomic mass is 10.1. The number of carbonyl (C=O) groups is 1. The van der Waals surface area contributed by atoms with E-state index in [2.05, 4.69) is 15.5 Å². The van der Waals surface area contributed by atoms with Crippen molar-refractivity contribution in [1.82, 2.24) is 20.1 Å². The number of hydrogen-bond acceptors (Lipinski definition) is 6. The number of nitrogens with zero attached hydrogens (tertiary/aromatic N) is 3. The maximum atomic E-state index is 12.5. The molecule has 29 heavy (non-hydrogen) atoms. The first kappa shape index (κ1) is 19.3. The zero-order valence-corrected chi connectivity index (χ0v) is 17.3. The molecule has 4 rings (SSSR count). The van der Waals surface area contributed by atoms with Crippen LogP contribution in [0.2, 0.25) is 0 Å². The Morgan fingerprint density at radius 2 is 1.93 bits per heavy atom. The Bertz CT molecular complexity index is 1030. The molecule has 0 spiro atoms. The van der Waals surface area contributed by atoms with E-state index in [0.29, 0.717) is 17.5 Å². The highest BCUT2D eigenvalue weighted by atomic mass is 32.2. The minimum absolute atomic E-state index is 0.0625. The molecular formula is C21H22N4O3S. The molecule has 2 heterocycles. The largest absolute Gasteiger partial charge is 0.454 e. The maximum Gasteiger partial charge on any atom is 0.233 e. The third-order valence-corrected chi connectivity index (χ3v) is 5.83. The summed E-state index contributed by atoms with van der Waals surface area (Å²) in [6.07, 6.45) is 0. The van der Waals surface area contributed by atoms with Crippen LogP contribution in [0.15, 0.2) is 47.6 Å². The average Bonchev–Trinajstić information content (AvgIpc) is 3.33. The topological polar surface area (TPSA) is 78.3 Å². The van der Waals surface area contributed by atoms with Crippen LogP contribution in [0.5, 0.6) is 11.5 Å². The molecule has 7 nitrogen and oxygen atoms in total. The summed E-state index contributed by atoms with van der Waals surface area (Å²) in [6, 6.07) is 13.8. The van der Waals surface area contributed by atoms with E-state index in [-0.39, 0.29) is 18.0 Å². The smallest absolute Gasteiger partial charge is 0.233 e. The number of carbonyl (C=O) groups excluding carboxylic acids is 1. The first-order valence-electron chi connectivity index (χ1n) is 9.30. The normalized spacial score (nSPS) is 13.3. The molecule has 0 saturated carbocycles. The highest BCUT2D eigenvalue weighted by Crippen LogP contribution is 2.32. The third-order valence-electron chi connectivity index (χ3n) is 4.70. The van der Waals surface area contributed by atoms with Crippen molar-refractivity contribution in [2.75, 3.05) is 6.79 Å². The molecule has 1 aliphatic heterocycles. The zero-order valence-electron chi connectivity index (χ0n) is 16.5. The molecule has 1 aliphatic rings. The number of fused-ring (bicyclic) bond motifs is 1. The number of ether oxygens (including phenoxy) is 2. The van der Waals surface area contributed by atoms with E-state index in [1.54, 1.807) is 0 Å². The van der Waals surface area contributed by atoms with Gasteiger partial charge >= 0.3 is 0 Å². The van der Waals surface area contributed by atoms with Gasteiger partial charge < -0.3 is 19.4 Å². The van der Waals surface area contributed by atoms with E-state index >= 15 is 0 Å². The van der Waals surface area contributed by atoms with E-state index < -0.39 is 0 Å². The van der Waals surface area contributed by atoms with E-state index in [0.717, 1.165) is 22.7 Å². The molecule has 1 aromatic heterocycles. The lowest BCUT2D eigenvalue weighted by Gasteiger charge is -2.12. The number of nitrogens with one attached hydrogen (secondary N) is 1. The van der Waals surface area contributed by atoms with Gasteiger partial charge in [-0.25, -0.2) is 0 Å². The molecule has 0 bridgehead atoms. The minimum atomic E-state index is -0.308. The second-order valence-corrected chi connectivity index (χ2v) is 8.20. The SMILES string of the molecule is Cc1ccc(-c2nnc(SC(C)C(=O)NCc3ccc4c(c3)OCO4)n2C)cc1. The van der Waals surface area contributed by atoms with Gasteiger partial charge in [0.1, 0.15) is 0 Å². The van der Waals surface area contributed by atoms with Gasteiger partial charge in [0.25, 0.3) is 0 Å². The summed E-state index contributed by atoms with van der Waals surface area (Å²) in [5.74, 6) is 2.16. The van der Waals surface area contributed by atoms with Gasteiger partial charge in [0.15, 0.2) is 22.5 Å². The summed E-state index contributed by atoms with van der Waals surface area (Å²) in [4.78, 5) is 12.5. The summed E-state index contributed by atoms with van der Waals surface area (Å²) in [5.41, 5.74) is 3.15. The van der Waals surface area contributed by atoms with Crippen molar-refractivity contribution < 1.29 is 14.3 Å². The summed E-state index contributed by atoms with van der Waals surface area (Å²) in [5, 5.41) is 11.9. The fourth-order valence-electron chi connectivity index (χ4n) is 2.97. The van der Waals surface area contributed by atoms with Gasteiger partial charge in [0.2, 0.25) is 12.7 Å². The monoisotopic (exact) mass is 410 g/mol. The van der Waals surface area contributed by atoms with Crippen LogP contribution in [0.25, 0.3) is 11.4 Å². The van der Waals surface area contributed by atoms with E-state index in [1.807, 2.05) is 67.9 Å². The van der Waals surface area contributed by atoms with Gasteiger partial charge in [-0.05, 0) is 31.5 Å². The van der Waals surface area contributed by atoms with Crippen LogP contribution in [0.4, 0.5) is 0 Å². The molecule has 0 radical (unpaired) electrons. The van der Waals surface area contributed by atoms with Gasteiger partial charge in [0, 0.05) is 19.2 Å². The van der Waals surface area contributed by atoms with Crippen LogP contribution in [0.1, 0.15) is 18.1 Å². The van der Waals surface area contributed by atoms with E-state index in [1.165, 1.54) is 17.3 Å². The predicted molar refractivity (Wildman–Crippen MR) is 111 cm³/mol. The summed E-state index contributed by atoms with van der Waals surface area (Å²) >= 11 is 1.38. The summed E-state index contributed by atoms with van der Waals surface area (Å²) in [7, 11) is 1.91. The Kier molecular flexibility index (Phi) is 5.44. The van der Waals surface area contributed by atoms with Crippen molar-refractivity contribution in [1.29, 1.82) is 0 Å². The molecule has 1 amide bonds. The van der Waals surface area contributed by atoms with E-state index in [4.69, 9.17) is 9.47 Å². The molecule has 1 atom stereocenters. The molecule has 0 saturated heterocycles. The Morgan fingerprint density at radius 3 is 2.72 bits per heavy atom. The van der Waals surface area contributed by atoms with Gasteiger partial charge in [-0.15, -0.1) is 10.2 Å². The van der Waals surface area contributed by atoms with Crippen molar-refractivity contribution in [3.05, 3.63) is 53.6 Å². The number of thioether (sulfide) groups is 1. The molecule has 2 aromatic carbocycles. The Morgan fingerprint density at radius 1 is 1.17 bits per heavy atom. The molecule has 1 unspecified atom stereocenters. The van der Waals surface area contributed by atoms with Gasteiger partial charge in [0.05, 0.1) is 5.25 Å². The first-order chi connectivity index (χ1) is 14.0. The summed E-state index contributed by atoms with van der Waals surface area (Å²) in [6.45, 7) is 4.57.